The molecule has 1 aliphatic rings. The largest absolute Gasteiger partial charge is 0.493 e. The van der Waals surface area contributed by atoms with E-state index in [1.54, 1.807) is 7.11 Å². The van der Waals surface area contributed by atoms with Gasteiger partial charge in [0, 0.05) is 5.92 Å². The number of piperidine rings is 1. The Morgan fingerprint density at radius 3 is 2.54 bits per heavy atom. The maximum absolute atomic E-state index is 11.9. The number of ether oxygens (including phenoxy) is 2. The summed E-state index contributed by atoms with van der Waals surface area (Å²) in [4.78, 5) is 25.1. The Labute approximate surface area is 142 Å². The van der Waals surface area contributed by atoms with Crippen LogP contribution < -0.4 is 20.5 Å². The fourth-order valence-corrected chi connectivity index (χ4v) is 2.72. The van der Waals surface area contributed by atoms with Gasteiger partial charge in [0.2, 0.25) is 11.8 Å². The molecule has 1 aromatic rings. The second-order valence-corrected chi connectivity index (χ2v) is 5.80. The molecule has 0 aliphatic carbocycles. The molecule has 132 valence electrons. The highest BCUT2D eigenvalue weighted by Gasteiger charge is 2.23. The molecular weight excluding hydrogens is 310 g/mol. The van der Waals surface area contributed by atoms with E-state index in [2.05, 4.69) is 5.32 Å². The Kier molecular flexibility index (Phi) is 6.87. The van der Waals surface area contributed by atoms with E-state index in [0.29, 0.717) is 31.2 Å². The highest BCUT2D eigenvalue weighted by Crippen LogP contribution is 2.25. The average Bonchev–Trinajstić information content (AvgIpc) is 2.59. The average molecular weight is 335 g/mol. The zero-order valence-electron chi connectivity index (χ0n) is 14.0. The normalized spacial score (nSPS) is 15.7. The number of nitrogens with zero attached hydrogens (tertiary/aromatic N) is 1. The van der Waals surface area contributed by atoms with Crippen molar-refractivity contribution in [3.63, 3.8) is 0 Å². The van der Waals surface area contributed by atoms with Gasteiger partial charge in [0.15, 0.2) is 11.5 Å². The Morgan fingerprint density at radius 1 is 1.25 bits per heavy atom. The number of primary amides is 1. The summed E-state index contributed by atoms with van der Waals surface area (Å²) in [6.45, 7) is 2.57. The molecule has 1 aliphatic heterocycles. The Hall–Kier alpha value is -2.28. The summed E-state index contributed by atoms with van der Waals surface area (Å²) >= 11 is 0. The summed E-state index contributed by atoms with van der Waals surface area (Å²) in [5.41, 5.74) is 5.30. The number of amides is 2. The summed E-state index contributed by atoms with van der Waals surface area (Å²) in [6.07, 6.45) is 1.44. The molecule has 2 rings (SSSR count). The standard InChI is InChI=1S/C17H25N3O4/c1-23-14-4-2-3-5-15(14)24-11-8-19-16(21)12-20-9-6-13(7-10-20)17(18)22/h2-5,13H,6-12H2,1H3,(H2,18,22)(H,19,21). The van der Waals surface area contributed by atoms with Crippen LogP contribution in [0.1, 0.15) is 12.8 Å². The number of hydrogen-bond donors (Lipinski definition) is 2. The molecule has 1 heterocycles. The summed E-state index contributed by atoms with van der Waals surface area (Å²) in [6, 6.07) is 7.38. The van der Waals surface area contributed by atoms with Crippen LogP contribution in [0.5, 0.6) is 11.5 Å². The molecule has 0 atom stereocenters. The maximum atomic E-state index is 11.9. The summed E-state index contributed by atoms with van der Waals surface area (Å²) in [5, 5.41) is 2.83. The molecule has 3 N–H and O–H groups in total. The fourth-order valence-electron chi connectivity index (χ4n) is 2.72. The first-order chi connectivity index (χ1) is 11.6. The number of benzene rings is 1. The van der Waals surface area contributed by atoms with Crippen molar-refractivity contribution in [2.45, 2.75) is 12.8 Å². The number of likely N-dealkylation sites (tertiary alicyclic amines) is 1. The van der Waals surface area contributed by atoms with Crippen LogP contribution in [0.3, 0.4) is 0 Å². The number of rotatable bonds is 8. The van der Waals surface area contributed by atoms with Crippen LogP contribution in [0, 0.1) is 5.92 Å². The van der Waals surface area contributed by atoms with Gasteiger partial charge in [-0.15, -0.1) is 0 Å². The number of carbonyl (C=O) groups is 2. The highest BCUT2D eigenvalue weighted by molar-refractivity contribution is 5.78. The van der Waals surface area contributed by atoms with Crippen molar-refractivity contribution in [1.82, 2.24) is 10.2 Å². The molecule has 0 radical (unpaired) electrons. The van der Waals surface area contributed by atoms with Gasteiger partial charge < -0.3 is 20.5 Å². The molecule has 0 bridgehead atoms. The van der Waals surface area contributed by atoms with E-state index in [1.165, 1.54) is 0 Å². The second-order valence-electron chi connectivity index (χ2n) is 5.80. The van der Waals surface area contributed by atoms with Crippen molar-refractivity contribution in [1.29, 1.82) is 0 Å². The second kappa shape index (κ2) is 9.12. The molecule has 1 saturated heterocycles. The molecule has 1 fully saturated rings. The van der Waals surface area contributed by atoms with Crippen LogP contribution in [0.4, 0.5) is 0 Å². The van der Waals surface area contributed by atoms with Gasteiger partial charge in [0.1, 0.15) is 6.61 Å². The summed E-state index contributed by atoms with van der Waals surface area (Å²) in [5.74, 6) is 0.978. The van der Waals surface area contributed by atoms with Gasteiger partial charge in [-0.05, 0) is 38.1 Å². The van der Waals surface area contributed by atoms with Gasteiger partial charge in [-0.1, -0.05) is 12.1 Å². The number of methoxy groups -OCH3 is 1. The topological polar surface area (TPSA) is 93.9 Å². The van der Waals surface area contributed by atoms with E-state index >= 15 is 0 Å². The minimum absolute atomic E-state index is 0.0452. The first-order valence-electron chi connectivity index (χ1n) is 8.14. The number of hydrogen-bond acceptors (Lipinski definition) is 5. The highest BCUT2D eigenvalue weighted by atomic mass is 16.5. The zero-order chi connectivity index (χ0) is 17.4. The van der Waals surface area contributed by atoms with Crippen LogP contribution in [0.2, 0.25) is 0 Å². The Morgan fingerprint density at radius 2 is 1.92 bits per heavy atom. The number of carbonyl (C=O) groups excluding carboxylic acids is 2. The lowest BCUT2D eigenvalue weighted by Crippen LogP contribution is -2.44. The van der Waals surface area contributed by atoms with Crippen LogP contribution in [-0.2, 0) is 9.59 Å². The summed E-state index contributed by atoms with van der Waals surface area (Å²) < 4.78 is 10.8. The Bertz CT molecular complexity index is 557. The number of para-hydroxylation sites is 2. The van der Waals surface area contributed by atoms with Gasteiger partial charge >= 0.3 is 0 Å². The molecule has 7 nitrogen and oxygen atoms in total. The van der Waals surface area contributed by atoms with E-state index in [-0.39, 0.29) is 17.7 Å². The van der Waals surface area contributed by atoms with E-state index in [0.717, 1.165) is 25.9 Å². The quantitative estimate of drug-likeness (QED) is 0.670. The van der Waals surface area contributed by atoms with Gasteiger partial charge in [0.05, 0.1) is 20.2 Å². The molecule has 7 heteroatoms. The molecular formula is C17H25N3O4. The van der Waals surface area contributed by atoms with Gasteiger partial charge in [-0.3, -0.25) is 14.5 Å². The third-order valence-corrected chi connectivity index (χ3v) is 4.11. The van der Waals surface area contributed by atoms with Gasteiger partial charge in [-0.2, -0.15) is 0 Å². The monoisotopic (exact) mass is 335 g/mol. The molecule has 0 spiro atoms. The SMILES string of the molecule is COc1ccccc1OCCNC(=O)CN1CCC(C(N)=O)CC1. The number of nitrogens with two attached hydrogens (primary N) is 1. The van der Waals surface area contributed by atoms with Crippen LogP contribution in [0.25, 0.3) is 0 Å². The molecule has 1 aromatic carbocycles. The fraction of sp³-hybridized carbons (Fsp3) is 0.529. The molecule has 0 saturated carbocycles. The van der Waals surface area contributed by atoms with E-state index in [4.69, 9.17) is 15.2 Å². The van der Waals surface area contributed by atoms with E-state index < -0.39 is 0 Å². The molecule has 2 amide bonds. The Balaban J connectivity index is 1.63. The third kappa shape index (κ3) is 5.42. The lowest BCUT2D eigenvalue weighted by molar-refractivity contribution is -0.124. The minimum Gasteiger partial charge on any atom is -0.493 e. The predicted molar refractivity (Wildman–Crippen MR) is 89.9 cm³/mol. The van der Waals surface area contributed by atoms with Crippen molar-refractivity contribution in [3.8, 4) is 11.5 Å². The third-order valence-electron chi connectivity index (χ3n) is 4.11. The van der Waals surface area contributed by atoms with Crippen molar-refractivity contribution in [2.24, 2.45) is 11.7 Å². The van der Waals surface area contributed by atoms with Crippen molar-refractivity contribution >= 4 is 11.8 Å². The lowest BCUT2D eigenvalue weighted by atomic mass is 9.96. The first kappa shape index (κ1) is 18.1. The first-order valence-corrected chi connectivity index (χ1v) is 8.14. The smallest absolute Gasteiger partial charge is 0.234 e. The molecule has 0 unspecified atom stereocenters. The van der Waals surface area contributed by atoms with E-state index in [9.17, 15) is 9.59 Å². The van der Waals surface area contributed by atoms with Crippen LogP contribution in [0.15, 0.2) is 24.3 Å². The van der Waals surface area contributed by atoms with E-state index in [1.807, 2.05) is 29.2 Å². The minimum atomic E-state index is -0.243. The number of nitrogens with one attached hydrogen (secondary N) is 1. The molecule has 0 aromatic heterocycles. The lowest BCUT2D eigenvalue weighted by Gasteiger charge is -2.29. The van der Waals surface area contributed by atoms with Crippen LogP contribution in [-0.4, -0.2) is 56.6 Å². The zero-order valence-corrected chi connectivity index (χ0v) is 14.0. The van der Waals surface area contributed by atoms with Crippen molar-refractivity contribution < 1.29 is 19.1 Å². The van der Waals surface area contributed by atoms with Gasteiger partial charge in [0.25, 0.3) is 0 Å². The summed E-state index contributed by atoms with van der Waals surface area (Å²) in [7, 11) is 1.59. The predicted octanol–water partition coefficient (Wildman–Crippen LogP) is 0.388. The maximum Gasteiger partial charge on any atom is 0.234 e. The molecule has 24 heavy (non-hydrogen) atoms. The van der Waals surface area contributed by atoms with Gasteiger partial charge in [-0.25, -0.2) is 0 Å². The van der Waals surface area contributed by atoms with Crippen molar-refractivity contribution in [3.05, 3.63) is 24.3 Å². The van der Waals surface area contributed by atoms with Crippen LogP contribution >= 0.6 is 0 Å². The van der Waals surface area contributed by atoms with Crippen molar-refractivity contribution in [2.75, 3.05) is 39.9 Å².